The van der Waals surface area contributed by atoms with Crippen molar-refractivity contribution in [3.8, 4) is 0 Å². The lowest BCUT2D eigenvalue weighted by molar-refractivity contribution is -0.384. The number of benzene rings is 1. The smallest absolute Gasteiger partial charge is 0.288 e. The van der Waals surface area contributed by atoms with Gasteiger partial charge >= 0.3 is 0 Å². The summed E-state index contributed by atoms with van der Waals surface area (Å²) < 4.78 is 5.86. The van der Waals surface area contributed by atoms with Crippen LogP contribution in [0.25, 0.3) is 0 Å². The number of halogens is 1. The molecule has 0 aromatic heterocycles. The molecule has 0 amide bonds. The second-order valence-corrected chi connectivity index (χ2v) is 6.18. The summed E-state index contributed by atoms with van der Waals surface area (Å²) in [6, 6.07) is 5.54. The number of nitro benzene ring substituents is 1. The number of hydrogen-bond donors (Lipinski definition) is 0. The molecular weight excluding hydrogens is 292 g/mol. The first-order valence-electron chi connectivity index (χ1n) is 7.43. The predicted octanol–water partition coefficient (Wildman–Crippen LogP) is 3.39. The van der Waals surface area contributed by atoms with Crippen LogP contribution in [-0.4, -0.2) is 35.1 Å². The fourth-order valence-electron chi connectivity index (χ4n) is 3.40. The highest BCUT2D eigenvalue weighted by Crippen LogP contribution is 2.31. The first-order valence-corrected chi connectivity index (χ1v) is 7.81. The molecule has 1 aliphatic carbocycles. The molecule has 5 nitrogen and oxygen atoms in total. The standard InChI is InChI=1S/C15H19ClN2O3/c16-12-6-5-11(9-14(12)18(19)20)10-17-7-8-21-15-4-2-1-3-13(15)17/h5-6,9,13,15H,1-4,7-8,10H2/t13-,15+/m1/s1. The van der Waals surface area contributed by atoms with E-state index in [1.54, 1.807) is 12.1 Å². The van der Waals surface area contributed by atoms with Crippen LogP contribution in [0.15, 0.2) is 18.2 Å². The van der Waals surface area contributed by atoms with Crippen LogP contribution in [0.1, 0.15) is 31.2 Å². The zero-order valence-electron chi connectivity index (χ0n) is 11.8. The minimum Gasteiger partial charge on any atom is -0.375 e. The van der Waals surface area contributed by atoms with Crippen molar-refractivity contribution in [2.24, 2.45) is 0 Å². The first-order chi connectivity index (χ1) is 10.1. The van der Waals surface area contributed by atoms with Crippen molar-refractivity contribution >= 4 is 17.3 Å². The van der Waals surface area contributed by atoms with E-state index in [-0.39, 0.29) is 10.7 Å². The van der Waals surface area contributed by atoms with Crippen LogP contribution in [0.3, 0.4) is 0 Å². The van der Waals surface area contributed by atoms with Crippen molar-refractivity contribution in [1.82, 2.24) is 4.90 Å². The Balaban J connectivity index is 1.76. The predicted molar refractivity (Wildman–Crippen MR) is 80.5 cm³/mol. The third kappa shape index (κ3) is 3.20. The molecular formula is C15H19ClN2O3. The first kappa shape index (κ1) is 14.8. The minimum atomic E-state index is -0.422. The molecule has 1 saturated heterocycles. The summed E-state index contributed by atoms with van der Waals surface area (Å²) in [6.45, 7) is 2.36. The van der Waals surface area contributed by atoms with Gasteiger partial charge in [0.05, 0.1) is 17.6 Å². The van der Waals surface area contributed by atoms with Crippen LogP contribution in [0.4, 0.5) is 5.69 Å². The van der Waals surface area contributed by atoms with E-state index < -0.39 is 4.92 Å². The molecule has 6 heteroatoms. The summed E-state index contributed by atoms with van der Waals surface area (Å²) in [6.07, 6.45) is 5.08. The van der Waals surface area contributed by atoms with Crippen molar-refractivity contribution < 1.29 is 9.66 Å². The average Bonchev–Trinajstić information content (AvgIpc) is 2.49. The van der Waals surface area contributed by atoms with Gasteiger partial charge in [-0.05, 0) is 24.5 Å². The van der Waals surface area contributed by atoms with Gasteiger partial charge in [-0.3, -0.25) is 15.0 Å². The van der Waals surface area contributed by atoms with Gasteiger partial charge in [-0.25, -0.2) is 0 Å². The van der Waals surface area contributed by atoms with Crippen molar-refractivity contribution in [2.75, 3.05) is 13.2 Å². The van der Waals surface area contributed by atoms with Gasteiger partial charge in [0.2, 0.25) is 0 Å². The molecule has 1 aromatic carbocycles. The Labute approximate surface area is 129 Å². The minimum absolute atomic E-state index is 0.0115. The van der Waals surface area contributed by atoms with Gasteiger partial charge in [0.1, 0.15) is 5.02 Å². The van der Waals surface area contributed by atoms with E-state index >= 15 is 0 Å². The third-order valence-electron chi connectivity index (χ3n) is 4.44. The van der Waals surface area contributed by atoms with Crippen LogP contribution < -0.4 is 0 Å². The Bertz CT molecular complexity index is 536. The van der Waals surface area contributed by atoms with Crippen LogP contribution in [0.5, 0.6) is 0 Å². The van der Waals surface area contributed by atoms with Crippen LogP contribution in [0.2, 0.25) is 5.02 Å². The Morgan fingerprint density at radius 2 is 2.19 bits per heavy atom. The van der Waals surface area contributed by atoms with E-state index in [0.29, 0.717) is 12.1 Å². The number of hydrogen-bond acceptors (Lipinski definition) is 4. The molecule has 0 unspecified atom stereocenters. The van der Waals surface area contributed by atoms with Gasteiger partial charge < -0.3 is 4.74 Å². The Kier molecular flexibility index (Phi) is 4.42. The molecule has 2 atom stereocenters. The lowest BCUT2D eigenvalue weighted by Crippen LogP contribution is -2.52. The van der Waals surface area contributed by atoms with Crippen molar-refractivity contribution in [3.63, 3.8) is 0 Å². The summed E-state index contributed by atoms with van der Waals surface area (Å²) in [5.41, 5.74) is 0.931. The number of ether oxygens (including phenoxy) is 1. The van der Waals surface area contributed by atoms with Gasteiger partial charge in [-0.2, -0.15) is 0 Å². The van der Waals surface area contributed by atoms with Gasteiger partial charge in [0.25, 0.3) is 5.69 Å². The van der Waals surface area contributed by atoms with Gasteiger partial charge in [0, 0.05) is 25.2 Å². The summed E-state index contributed by atoms with van der Waals surface area (Å²) >= 11 is 5.87. The molecule has 114 valence electrons. The molecule has 1 heterocycles. The van der Waals surface area contributed by atoms with E-state index in [1.807, 2.05) is 6.07 Å². The van der Waals surface area contributed by atoms with E-state index in [4.69, 9.17) is 16.3 Å². The fraction of sp³-hybridized carbons (Fsp3) is 0.600. The Morgan fingerprint density at radius 3 is 3.00 bits per heavy atom. The SMILES string of the molecule is O=[N+]([O-])c1cc(CN2CCO[C@H]3CCCC[C@H]32)ccc1Cl. The molecule has 1 aliphatic heterocycles. The zero-order chi connectivity index (χ0) is 14.8. The molecule has 2 aliphatic rings. The van der Waals surface area contributed by atoms with E-state index in [2.05, 4.69) is 4.90 Å². The lowest BCUT2D eigenvalue weighted by atomic mass is 9.90. The summed E-state index contributed by atoms with van der Waals surface area (Å²) in [7, 11) is 0. The van der Waals surface area contributed by atoms with Crippen LogP contribution in [0, 0.1) is 10.1 Å². The normalized spacial score (nSPS) is 26.3. The largest absolute Gasteiger partial charge is 0.375 e. The number of rotatable bonds is 3. The third-order valence-corrected chi connectivity index (χ3v) is 4.76. The lowest BCUT2D eigenvalue weighted by Gasteiger charge is -2.43. The molecule has 0 spiro atoms. The van der Waals surface area contributed by atoms with E-state index in [9.17, 15) is 10.1 Å². The monoisotopic (exact) mass is 310 g/mol. The number of nitrogens with zero attached hydrogens (tertiary/aromatic N) is 2. The molecule has 0 bridgehead atoms. The summed E-state index contributed by atoms with van der Waals surface area (Å²) in [5.74, 6) is 0. The topological polar surface area (TPSA) is 55.6 Å². The Hall–Kier alpha value is -1.17. The zero-order valence-corrected chi connectivity index (χ0v) is 12.6. The van der Waals surface area contributed by atoms with Crippen molar-refractivity contribution in [2.45, 2.75) is 44.4 Å². The molecule has 1 aromatic rings. The molecule has 2 fully saturated rings. The van der Waals surface area contributed by atoms with Crippen LogP contribution in [-0.2, 0) is 11.3 Å². The van der Waals surface area contributed by atoms with Crippen molar-refractivity contribution in [1.29, 1.82) is 0 Å². The second kappa shape index (κ2) is 6.30. The van der Waals surface area contributed by atoms with E-state index in [0.717, 1.165) is 38.1 Å². The maximum atomic E-state index is 11.0. The molecule has 3 rings (SSSR count). The molecule has 1 saturated carbocycles. The highest BCUT2D eigenvalue weighted by molar-refractivity contribution is 6.32. The number of nitro groups is 1. The molecule has 0 radical (unpaired) electrons. The van der Waals surface area contributed by atoms with Crippen molar-refractivity contribution in [3.05, 3.63) is 38.9 Å². The number of morpholine rings is 1. The maximum absolute atomic E-state index is 11.0. The van der Waals surface area contributed by atoms with E-state index in [1.165, 1.54) is 12.8 Å². The highest BCUT2D eigenvalue weighted by atomic mass is 35.5. The number of fused-ring (bicyclic) bond motifs is 1. The molecule has 21 heavy (non-hydrogen) atoms. The van der Waals surface area contributed by atoms with Gasteiger partial charge in [0.15, 0.2) is 0 Å². The maximum Gasteiger partial charge on any atom is 0.288 e. The van der Waals surface area contributed by atoms with Gasteiger partial charge in [-0.15, -0.1) is 0 Å². The van der Waals surface area contributed by atoms with Crippen LogP contribution >= 0.6 is 11.6 Å². The highest BCUT2D eigenvalue weighted by Gasteiger charge is 2.34. The fourth-order valence-corrected chi connectivity index (χ4v) is 3.59. The quantitative estimate of drug-likeness (QED) is 0.634. The summed E-state index contributed by atoms with van der Waals surface area (Å²) in [5, 5.41) is 11.2. The van der Waals surface area contributed by atoms with Gasteiger partial charge in [-0.1, -0.05) is 30.5 Å². The average molecular weight is 311 g/mol. The summed E-state index contributed by atoms with van der Waals surface area (Å²) in [4.78, 5) is 13.0. The second-order valence-electron chi connectivity index (χ2n) is 5.77. The Morgan fingerprint density at radius 1 is 1.38 bits per heavy atom. The molecule has 0 N–H and O–H groups in total.